The van der Waals surface area contributed by atoms with E-state index >= 15 is 0 Å². The molecular weight excluding hydrogens is 649 g/mol. The molecular formula is C54H6. The summed E-state index contributed by atoms with van der Waals surface area (Å²) in [4.78, 5) is 0. The smallest absolute Gasteiger partial charge is 0 e. The lowest BCUT2D eigenvalue weighted by Crippen LogP contribution is -1.57. The van der Waals surface area contributed by atoms with Crippen molar-refractivity contribution in [1.82, 2.24) is 0 Å². The molecule has 0 bridgehead atoms. The van der Waals surface area contributed by atoms with Gasteiger partial charge < -0.3 is 0 Å². The van der Waals surface area contributed by atoms with Crippen molar-refractivity contribution in [2.24, 2.45) is 0 Å². The highest BCUT2D eigenvalue weighted by atomic mass is 13.6. The van der Waals surface area contributed by atoms with Crippen molar-refractivity contribution in [1.29, 1.82) is 0 Å². The molecule has 0 heteroatoms. The fraction of sp³-hybridized carbons (Fsp3) is 0.0370. The topological polar surface area (TPSA) is 0 Å². The standard InChI is InChI=1S/C54H6/c1-3-5-7-9-11-13-15-17-19-21-23-25-27-29-31-33-35-37-39-41-43-45-47-49-51-53-54-52-50-48-46-44-42-40-38-36-34-32-30-28-26-24-22-20-18-16-14-12-10-8-6-4-2/h1-2H3. The molecule has 222 valence electrons. The molecule has 0 spiro atoms. The maximum Gasteiger partial charge on any atom is 0 e. The zero-order valence-corrected chi connectivity index (χ0v) is 28.0. The van der Waals surface area contributed by atoms with E-state index in [1.165, 1.54) is 0 Å². The van der Waals surface area contributed by atoms with Gasteiger partial charge in [0.1, 0.15) is 0 Å². The molecule has 0 aliphatic heterocycles. The van der Waals surface area contributed by atoms with Gasteiger partial charge in [-0.25, -0.2) is 0 Å². The first-order valence-corrected chi connectivity index (χ1v) is 13.8. The van der Waals surface area contributed by atoms with Crippen LogP contribution in [0.25, 0.3) is 0 Å². The summed E-state index contributed by atoms with van der Waals surface area (Å²) in [6, 6.07) is 0. The molecule has 0 N–H and O–H groups in total. The minimum atomic E-state index is 1.69. The van der Waals surface area contributed by atoms with Gasteiger partial charge in [0.05, 0.1) is 0 Å². The lowest BCUT2D eigenvalue weighted by atomic mass is 10.4. The summed E-state index contributed by atoms with van der Waals surface area (Å²) in [6.07, 6.45) is 0. The fourth-order valence-corrected chi connectivity index (χ4v) is 1.62. The third-order valence-corrected chi connectivity index (χ3v) is 3.31. The van der Waals surface area contributed by atoms with Gasteiger partial charge in [-0.2, -0.15) is 0 Å². The third-order valence-electron chi connectivity index (χ3n) is 3.31. The molecule has 0 fully saturated rings. The second-order valence-corrected chi connectivity index (χ2v) is 6.75. The van der Waals surface area contributed by atoms with E-state index in [1.807, 2.05) is 0 Å². The van der Waals surface area contributed by atoms with E-state index < -0.39 is 0 Å². The first-order valence-electron chi connectivity index (χ1n) is 13.8. The minimum absolute atomic E-state index is 1.69. The second kappa shape index (κ2) is 41.6. The van der Waals surface area contributed by atoms with Crippen LogP contribution in [0.3, 0.4) is 0 Å². The molecule has 0 aromatic rings. The van der Waals surface area contributed by atoms with Crippen molar-refractivity contribution in [2.45, 2.75) is 13.8 Å². The van der Waals surface area contributed by atoms with Crippen molar-refractivity contribution in [3.8, 4) is 308 Å². The van der Waals surface area contributed by atoms with Gasteiger partial charge in [0, 0.05) is 201 Å². The second-order valence-electron chi connectivity index (χ2n) is 6.75. The van der Waals surface area contributed by atoms with Crippen molar-refractivity contribution >= 4 is 0 Å². The highest BCUT2D eigenvalue weighted by Gasteiger charge is 1.62. The Labute approximate surface area is 320 Å². The Morgan fingerprint density at radius 2 is 0.148 bits per heavy atom. The van der Waals surface area contributed by atoms with Crippen molar-refractivity contribution < 1.29 is 0 Å². The van der Waals surface area contributed by atoms with Crippen LogP contribution in [0, 0.1) is 308 Å². The van der Waals surface area contributed by atoms with E-state index in [-0.39, 0.29) is 0 Å². The van der Waals surface area contributed by atoms with Crippen molar-refractivity contribution in [3.63, 3.8) is 0 Å². The largest absolute Gasteiger partial charge is 0.0925 e. The van der Waals surface area contributed by atoms with Crippen LogP contribution in [-0.4, -0.2) is 0 Å². The normalized spacial score (nSPS) is 3.96. The molecule has 0 amide bonds. The summed E-state index contributed by atoms with van der Waals surface area (Å²) in [6.45, 7) is 3.37. The van der Waals surface area contributed by atoms with Gasteiger partial charge in [0.2, 0.25) is 0 Å². The zero-order valence-electron chi connectivity index (χ0n) is 28.0. The van der Waals surface area contributed by atoms with Gasteiger partial charge in [-0.1, -0.05) is 11.8 Å². The van der Waals surface area contributed by atoms with Gasteiger partial charge in [-0.3, -0.25) is 0 Å². The summed E-state index contributed by atoms with van der Waals surface area (Å²) >= 11 is 0. The van der Waals surface area contributed by atoms with Crippen molar-refractivity contribution in [2.75, 3.05) is 0 Å². The first-order chi connectivity index (χ1) is 26.9. The minimum Gasteiger partial charge on any atom is -0.0925 e. The molecule has 0 aromatic carbocycles. The number of hydrogen-bond donors (Lipinski definition) is 0. The first kappa shape index (κ1) is 42.6. The fourth-order valence-electron chi connectivity index (χ4n) is 1.62. The lowest BCUT2D eigenvalue weighted by molar-refractivity contribution is 1.92. The molecule has 0 heterocycles. The number of rotatable bonds is 0. The van der Waals surface area contributed by atoms with Crippen LogP contribution in [0.1, 0.15) is 13.8 Å². The van der Waals surface area contributed by atoms with Gasteiger partial charge in [0.15, 0.2) is 0 Å². The molecule has 0 saturated heterocycles. The van der Waals surface area contributed by atoms with Gasteiger partial charge in [0.25, 0.3) is 0 Å². The van der Waals surface area contributed by atoms with E-state index in [2.05, 4.69) is 308 Å². The Morgan fingerprint density at radius 1 is 0.0926 bits per heavy atom. The van der Waals surface area contributed by atoms with Gasteiger partial charge in [-0.15, -0.1) is 0 Å². The summed E-state index contributed by atoms with van der Waals surface area (Å²) in [7, 11) is 0. The summed E-state index contributed by atoms with van der Waals surface area (Å²) < 4.78 is 0. The summed E-state index contributed by atoms with van der Waals surface area (Å²) in [5.41, 5.74) is 0. The molecule has 0 radical (unpaired) electrons. The van der Waals surface area contributed by atoms with Crippen LogP contribution < -0.4 is 0 Å². The highest BCUT2D eigenvalue weighted by molar-refractivity contribution is 5.51. The van der Waals surface area contributed by atoms with E-state index in [0.717, 1.165) is 0 Å². The summed E-state index contributed by atoms with van der Waals surface area (Å²) in [5.74, 6) is 131. The van der Waals surface area contributed by atoms with Gasteiger partial charge in [-0.05, 0) is 109 Å². The third kappa shape index (κ3) is 40.6. The molecule has 0 aromatic heterocycles. The molecule has 0 aliphatic carbocycles. The quantitative estimate of drug-likeness (QED) is 0.344. The average molecular weight is 655 g/mol. The van der Waals surface area contributed by atoms with E-state index in [1.54, 1.807) is 13.8 Å². The molecule has 0 unspecified atom stereocenters. The Balaban J connectivity index is 4.57. The Morgan fingerprint density at radius 3 is 0.204 bits per heavy atom. The molecule has 54 heavy (non-hydrogen) atoms. The lowest BCUT2D eigenvalue weighted by Gasteiger charge is -1.57. The molecule has 0 rings (SSSR count). The Hall–Kier alpha value is -11.4. The summed E-state index contributed by atoms with van der Waals surface area (Å²) in [5, 5.41) is 0. The monoisotopic (exact) mass is 654 g/mol. The highest BCUT2D eigenvalue weighted by Crippen LogP contribution is 1.62. The van der Waals surface area contributed by atoms with E-state index in [9.17, 15) is 0 Å². The van der Waals surface area contributed by atoms with Crippen molar-refractivity contribution in [3.05, 3.63) is 0 Å². The molecule has 0 saturated carbocycles. The predicted octanol–water partition coefficient (Wildman–Crippen LogP) is 1.11. The predicted molar refractivity (Wildman–Crippen MR) is 214 cm³/mol. The Kier molecular flexibility index (Phi) is 32.8. The average Bonchev–Trinajstić information content (AvgIpc) is 3.18. The molecule has 0 atom stereocenters. The van der Waals surface area contributed by atoms with Crippen LogP contribution in [0.15, 0.2) is 0 Å². The van der Waals surface area contributed by atoms with E-state index in [0.29, 0.717) is 0 Å². The number of hydrogen-bond acceptors (Lipinski definition) is 0. The maximum atomic E-state index is 2.63. The molecule has 0 aliphatic rings. The van der Waals surface area contributed by atoms with Crippen LogP contribution in [0.2, 0.25) is 0 Å². The van der Waals surface area contributed by atoms with E-state index in [4.69, 9.17) is 0 Å². The zero-order chi connectivity index (χ0) is 38.8. The Bertz CT molecular complexity index is 3080. The molecule has 0 nitrogen and oxygen atoms in total. The van der Waals surface area contributed by atoms with Crippen LogP contribution >= 0.6 is 0 Å². The SMILES string of the molecule is CC#CC#CC#CC#CC#CC#CC#CC#CC#CC#CC#CC#CC#CC#CC#CC#CC#CC#CC#CC#CC#CC#CC#CC#CC#CC#CC. The van der Waals surface area contributed by atoms with Crippen LogP contribution in [0.4, 0.5) is 0 Å². The van der Waals surface area contributed by atoms with Gasteiger partial charge >= 0.3 is 0 Å². The van der Waals surface area contributed by atoms with Crippen LogP contribution in [0.5, 0.6) is 0 Å². The maximum absolute atomic E-state index is 2.63. The van der Waals surface area contributed by atoms with Crippen LogP contribution in [-0.2, 0) is 0 Å².